The molecule has 0 saturated carbocycles. The van der Waals surface area contributed by atoms with Crippen LogP contribution in [0.1, 0.15) is 12.0 Å². The minimum atomic E-state index is -0.526. The highest BCUT2D eigenvalue weighted by molar-refractivity contribution is 9.10. The maximum absolute atomic E-state index is 13.7. The van der Waals surface area contributed by atoms with Gasteiger partial charge in [0.2, 0.25) is 5.91 Å². The Bertz CT molecular complexity index is 810. The van der Waals surface area contributed by atoms with Crippen LogP contribution in [-0.2, 0) is 16.0 Å². The molecule has 5 nitrogen and oxygen atoms in total. The molecule has 1 aliphatic heterocycles. The molecule has 0 bridgehead atoms. The van der Waals surface area contributed by atoms with Gasteiger partial charge < -0.3 is 15.4 Å². The van der Waals surface area contributed by atoms with E-state index in [1.807, 2.05) is 0 Å². The van der Waals surface area contributed by atoms with E-state index in [-0.39, 0.29) is 18.2 Å². The van der Waals surface area contributed by atoms with Gasteiger partial charge in [-0.15, -0.1) is 0 Å². The summed E-state index contributed by atoms with van der Waals surface area (Å²) in [4.78, 5) is 23.2. The average molecular weight is 393 g/mol. The smallest absolute Gasteiger partial charge is 0.262 e. The summed E-state index contributed by atoms with van der Waals surface area (Å²) in [5, 5.41) is 5.24. The van der Waals surface area contributed by atoms with Crippen LogP contribution in [0.3, 0.4) is 0 Å². The molecule has 0 atom stereocenters. The highest BCUT2D eigenvalue weighted by atomic mass is 79.9. The molecule has 0 spiro atoms. The summed E-state index contributed by atoms with van der Waals surface area (Å²) in [5.74, 6) is -0.465. The van der Waals surface area contributed by atoms with Crippen LogP contribution in [-0.4, -0.2) is 18.4 Å². The number of amides is 2. The van der Waals surface area contributed by atoms with E-state index in [0.29, 0.717) is 23.1 Å². The predicted octanol–water partition coefficient (Wildman–Crippen LogP) is 3.49. The molecule has 3 rings (SSSR count). The Kier molecular flexibility index (Phi) is 4.80. The third kappa shape index (κ3) is 3.91. The summed E-state index contributed by atoms with van der Waals surface area (Å²) >= 11 is 3.15. The fourth-order valence-electron chi connectivity index (χ4n) is 2.38. The Morgan fingerprint density at radius 2 is 2.08 bits per heavy atom. The highest BCUT2D eigenvalue weighted by Gasteiger charge is 2.15. The van der Waals surface area contributed by atoms with Crippen molar-refractivity contribution in [3.05, 3.63) is 52.3 Å². The van der Waals surface area contributed by atoms with Crippen molar-refractivity contribution in [1.82, 2.24) is 0 Å². The molecule has 0 unspecified atom stereocenters. The molecule has 24 heavy (non-hydrogen) atoms. The van der Waals surface area contributed by atoms with E-state index in [4.69, 9.17) is 4.74 Å². The van der Waals surface area contributed by atoms with Crippen molar-refractivity contribution in [2.45, 2.75) is 12.8 Å². The van der Waals surface area contributed by atoms with Crippen molar-refractivity contribution < 1.29 is 18.7 Å². The van der Waals surface area contributed by atoms with Crippen molar-refractivity contribution in [1.29, 1.82) is 0 Å². The minimum absolute atomic E-state index is 0.00734. The molecule has 7 heteroatoms. The van der Waals surface area contributed by atoms with E-state index in [2.05, 4.69) is 26.6 Å². The zero-order chi connectivity index (χ0) is 17.1. The number of hydrogen-bond acceptors (Lipinski definition) is 3. The number of rotatable bonds is 4. The predicted molar refractivity (Wildman–Crippen MR) is 91.6 cm³/mol. The zero-order valence-corrected chi connectivity index (χ0v) is 14.2. The van der Waals surface area contributed by atoms with Gasteiger partial charge >= 0.3 is 0 Å². The number of nitrogens with one attached hydrogen (secondary N) is 2. The molecule has 124 valence electrons. The van der Waals surface area contributed by atoms with Gasteiger partial charge in [-0.1, -0.05) is 15.9 Å². The summed E-state index contributed by atoms with van der Waals surface area (Å²) in [5.41, 5.74) is 1.83. The Labute approximate surface area is 146 Å². The molecule has 2 aromatic carbocycles. The lowest BCUT2D eigenvalue weighted by atomic mass is 10.0. The van der Waals surface area contributed by atoms with Gasteiger partial charge in [0, 0.05) is 16.6 Å². The fraction of sp³-hybridized carbons (Fsp3) is 0.176. The van der Waals surface area contributed by atoms with Crippen molar-refractivity contribution in [3.8, 4) is 5.75 Å². The molecule has 0 aromatic heterocycles. The maximum atomic E-state index is 13.7. The number of benzene rings is 2. The van der Waals surface area contributed by atoms with Gasteiger partial charge in [-0.05, 0) is 48.4 Å². The lowest BCUT2D eigenvalue weighted by Gasteiger charge is -2.17. The molecule has 1 aliphatic rings. The number of hydrogen-bond donors (Lipinski definition) is 2. The van der Waals surface area contributed by atoms with Crippen LogP contribution >= 0.6 is 15.9 Å². The lowest BCUT2D eigenvalue weighted by Crippen LogP contribution is -2.21. The quantitative estimate of drug-likeness (QED) is 0.836. The van der Waals surface area contributed by atoms with Crippen LogP contribution in [0.25, 0.3) is 0 Å². The number of carbonyl (C=O) groups excluding carboxylic acids is 2. The summed E-state index contributed by atoms with van der Waals surface area (Å²) in [6.07, 6.45) is 1.06. The first-order chi connectivity index (χ1) is 11.5. The summed E-state index contributed by atoms with van der Waals surface area (Å²) in [6, 6.07) is 9.60. The molecule has 2 amide bonds. The number of aryl methyl sites for hydroxylation is 1. The van der Waals surface area contributed by atoms with Crippen LogP contribution in [0.2, 0.25) is 0 Å². The van der Waals surface area contributed by atoms with Crippen LogP contribution in [0.4, 0.5) is 15.8 Å². The molecule has 0 fully saturated rings. The van der Waals surface area contributed by atoms with Crippen LogP contribution in [0.15, 0.2) is 40.9 Å². The summed E-state index contributed by atoms with van der Waals surface area (Å²) < 4.78 is 19.7. The van der Waals surface area contributed by atoms with Gasteiger partial charge in [0.1, 0.15) is 11.6 Å². The van der Waals surface area contributed by atoms with E-state index in [9.17, 15) is 14.0 Å². The Balaban J connectivity index is 1.59. The molecule has 0 aliphatic carbocycles. The van der Waals surface area contributed by atoms with E-state index >= 15 is 0 Å². The molecule has 0 radical (unpaired) electrons. The molecule has 1 heterocycles. The van der Waals surface area contributed by atoms with Gasteiger partial charge in [-0.25, -0.2) is 4.39 Å². The summed E-state index contributed by atoms with van der Waals surface area (Å²) in [6.45, 7) is -0.235. The molecular weight excluding hydrogens is 379 g/mol. The fourth-order valence-corrected chi connectivity index (χ4v) is 2.71. The van der Waals surface area contributed by atoms with Crippen LogP contribution in [0.5, 0.6) is 5.75 Å². The van der Waals surface area contributed by atoms with Crippen molar-refractivity contribution in [2.75, 3.05) is 17.2 Å². The number of carbonyl (C=O) groups is 2. The Hall–Kier alpha value is -2.41. The number of ether oxygens (including phenoxy) is 1. The van der Waals surface area contributed by atoms with Crippen molar-refractivity contribution in [3.63, 3.8) is 0 Å². The molecular formula is C17H14BrFN2O3. The van der Waals surface area contributed by atoms with Gasteiger partial charge in [0.05, 0.1) is 5.69 Å². The van der Waals surface area contributed by atoms with Gasteiger partial charge in [-0.2, -0.15) is 0 Å². The number of fused-ring (bicyclic) bond motifs is 1. The first-order valence-corrected chi connectivity index (χ1v) is 8.11. The van der Waals surface area contributed by atoms with E-state index < -0.39 is 11.7 Å². The molecule has 2 N–H and O–H groups in total. The second kappa shape index (κ2) is 7.00. The first-order valence-electron chi connectivity index (χ1n) is 7.32. The Morgan fingerprint density at radius 1 is 1.25 bits per heavy atom. The van der Waals surface area contributed by atoms with Crippen LogP contribution in [0, 0.1) is 5.82 Å². The number of anilines is 2. The van der Waals surface area contributed by atoms with Crippen LogP contribution < -0.4 is 15.4 Å². The molecule has 2 aromatic rings. The zero-order valence-electron chi connectivity index (χ0n) is 12.6. The number of halogens is 2. The topological polar surface area (TPSA) is 67.4 Å². The first kappa shape index (κ1) is 16.4. The maximum Gasteiger partial charge on any atom is 0.262 e. The minimum Gasteiger partial charge on any atom is -0.484 e. The monoisotopic (exact) mass is 392 g/mol. The lowest BCUT2D eigenvalue weighted by molar-refractivity contribution is -0.118. The van der Waals surface area contributed by atoms with Crippen molar-refractivity contribution >= 4 is 39.1 Å². The third-order valence-electron chi connectivity index (χ3n) is 3.55. The third-order valence-corrected chi connectivity index (χ3v) is 4.04. The van der Waals surface area contributed by atoms with E-state index in [1.165, 1.54) is 12.1 Å². The van der Waals surface area contributed by atoms with Gasteiger partial charge in [0.15, 0.2) is 6.61 Å². The molecule has 0 saturated heterocycles. The normalized spacial score (nSPS) is 13.0. The van der Waals surface area contributed by atoms with E-state index in [1.54, 1.807) is 24.3 Å². The standard InChI is InChI=1S/C17H14BrFN2O3/c18-11-2-4-15(13(19)8-11)21-17(23)9-24-12-3-5-14-10(7-12)1-6-16(22)20-14/h2-5,7-8H,1,6,9H2,(H,20,22)(H,21,23). The average Bonchev–Trinajstić information content (AvgIpc) is 2.55. The Morgan fingerprint density at radius 3 is 2.88 bits per heavy atom. The summed E-state index contributed by atoms with van der Waals surface area (Å²) in [7, 11) is 0. The largest absolute Gasteiger partial charge is 0.484 e. The second-order valence-corrected chi connectivity index (χ2v) is 6.24. The SMILES string of the molecule is O=C(COc1ccc2c(c1)CCC(=O)N2)Nc1ccc(Br)cc1F. The van der Waals surface area contributed by atoms with E-state index in [0.717, 1.165) is 11.3 Å². The van der Waals surface area contributed by atoms with Gasteiger partial charge in [0.25, 0.3) is 5.91 Å². The van der Waals surface area contributed by atoms with Gasteiger partial charge in [-0.3, -0.25) is 9.59 Å². The van der Waals surface area contributed by atoms with Crippen molar-refractivity contribution in [2.24, 2.45) is 0 Å². The highest BCUT2D eigenvalue weighted by Crippen LogP contribution is 2.26. The second-order valence-electron chi connectivity index (χ2n) is 5.33.